The summed E-state index contributed by atoms with van der Waals surface area (Å²) in [6, 6.07) is 3.00. The van der Waals surface area contributed by atoms with Crippen LogP contribution in [0.25, 0.3) is 0 Å². The molecule has 1 aromatic carbocycles. The quantitative estimate of drug-likeness (QED) is 0.339. The van der Waals surface area contributed by atoms with Crippen LogP contribution in [0.5, 0.6) is 0 Å². The average Bonchev–Trinajstić information content (AvgIpc) is 2.86. The molecule has 36 heavy (non-hydrogen) atoms. The number of rotatable bonds is 11. The van der Waals surface area contributed by atoms with Crippen molar-refractivity contribution in [1.82, 2.24) is 20.9 Å². The molecule has 2 heterocycles. The van der Waals surface area contributed by atoms with Crippen molar-refractivity contribution >= 4 is 12.1 Å². The van der Waals surface area contributed by atoms with Gasteiger partial charge in [-0.1, -0.05) is 0 Å². The normalized spacial score (nSPS) is 20.5. The van der Waals surface area contributed by atoms with Crippen LogP contribution in [0.2, 0.25) is 0 Å². The van der Waals surface area contributed by atoms with Gasteiger partial charge in [0.15, 0.2) is 0 Å². The Morgan fingerprint density at radius 1 is 1.25 bits per heavy atom. The van der Waals surface area contributed by atoms with Crippen LogP contribution in [0.4, 0.5) is 18.4 Å². The molecule has 3 amide bonds. The number of ether oxygens (including phenoxy) is 2. The summed E-state index contributed by atoms with van der Waals surface area (Å²) in [5.74, 6) is -0.958. The number of halogens is 2. The Morgan fingerprint density at radius 2 is 2.03 bits per heavy atom. The van der Waals surface area contributed by atoms with Gasteiger partial charge in [-0.3, -0.25) is 0 Å². The van der Waals surface area contributed by atoms with Gasteiger partial charge in [-0.25, -0.2) is 18.4 Å². The number of hydrogen-bond acceptors (Lipinski definition) is 5. The molecule has 2 aliphatic heterocycles. The van der Waals surface area contributed by atoms with Gasteiger partial charge in [0.1, 0.15) is 11.6 Å². The van der Waals surface area contributed by atoms with E-state index in [-0.39, 0.29) is 36.7 Å². The highest BCUT2D eigenvalue weighted by atomic mass is 19.1. The second kappa shape index (κ2) is 14.3. The summed E-state index contributed by atoms with van der Waals surface area (Å²) in [7, 11) is 1.86. The Bertz CT molecular complexity index is 856. The van der Waals surface area contributed by atoms with E-state index in [1.807, 2.05) is 7.05 Å². The number of amides is 3. The van der Waals surface area contributed by atoms with Crippen LogP contribution in [-0.2, 0) is 9.47 Å². The zero-order chi connectivity index (χ0) is 25.9. The first-order valence-corrected chi connectivity index (χ1v) is 12.7. The largest absolute Gasteiger partial charge is 0.465 e. The van der Waals surface area contributed by atoms with Crippen molar-refractivity contribution in [1.29, 1.82) is 0 Å². The molecule has 3 rings (SSSR count). The fourth-order valence-electron chi connectivity index (χ4n) is 5.09. The van der Waals surface area contributed by atoms with Crippen molar-refractivity contribution in [3.63, 3.8) is 0 Å². The molecule has 2 saturated heterocycles. The second-order valence-electron chi connectivity index (χ2n) is 9.53. The van der Waals surface area contributed by atoms with E-state index in [4.69, 9.17) is 14.6 Å². The minimum absolute atomic E-state index is 0.00897. The molecule has 9 nitrogen and oxygen atoms in total. The van der Waals surface area contributed by atoms with E-state index in [0.717, 1.165) is 50.7 Å². The topological polar surface area (TPSA) is 112 Å². The fraction of sp³-hybridized carbons (Fsp3) is 0.680. The number of likely N-dealkylation sites (tertiary alicyclic amines) is 1. The van der Waals surface area contributed by atoms with E-state index >= 15 is 0 Å². The van der Waals surface area contributed by atoms with Crippen LogP contribution in [-0.4, -0.2) is 81.2 Å². The van der Waals surface area contributed by atoms with Crippen LogP contribution in [0.3, 0.4) is 0 Å². The molecule has 202 valence electrons. The lowest BCUT2D eigenvalue weighted by Gasteiger charge is -2.38. The predicted octanol–water partition coefficient (Wildman–Crippen LogP) is 3.12. The molecule has 2 aliphatic rings. The maximum Gasteiger partial charge on any atom is 0.404 e. The first-order chi connectivity index (χ1) is 17.4. The van der Waals surface area contributed by atoms with Gasteiger partial charge >= 0.3 is 12.1 Å². The van der Waals surface area contributed by atoms with Gasteiger partial charge in [-0.15, -0.1) is 0 Å². The molecule has 11 heteroatoms. The minimum Gasteiger partial charge on any atom is -0.465 e. The van der Waals surface area contributed by atoms with Gasteiger partial charge < -0.3 is 35.4 Å². The molecular weight excluding hydrogens is 474 g/mol. The third-order valence-electron chi connectivity index (χ3n) is 6.85. The van der Waals surface area contributed by atoms with E-state index in [9.17, 15) is 18.4 Å². The molecule has 0 saturated carbocycles. The third kappa shape index (κ3) is 8.56. The van der Waals surface area contributed by atoms with Gasteiger partial charge in [0.25, 0.3) is 0 Å². The zero-order valence-electron chi connectivity index (χ0n) is 20.8. The number of likely N-dealkylation sites (N-methyl/N-ethyl adjacent to an activating group) is 1. The monoisotopic (exact) mass is 512 g/mol. The van der Waals surface area contributed by atoms with Gasteiger partial charge in [0.2, 0.25) is 0 Å². The van der Waals surface area contributed by atoms with Crippen LogP contribution < -0.4 is 16.0 Å². The summed E-state index contributed by atoms with van der Waals surface area (Å²) in [6.07, 6.45) is 2.18. The van der Waals surface area contributed by atoms with Crippen molar-refractivity contribution in [3.05, 3.63) is 35.4 Å². The first kappa shape index (κ1) is 28.1. The maximum atomic E-state index is 14.7. The molecule has 2 fully saturated rings. The highest BCUT2D eigenvalue weighted by Crippen LogP contribution is 2.34. The molecular formula is C25H38F2N4O5. The Morgan fingerprint density at radius 3 is 2.75 bits per heavy atom. The second-order valence-corrected chi connectivity index (χ2v) is 9.53. The molecule has 1 aromatic rings. The number of nitrogens with zero attached hydrogens (tertiary/aromatic N) is 1. The Hall–Kier alpha value is -2.50. The van der Waals surface area contributed by atoms with Gasteiger partial charge in [-0.2, -0.15) is 0 Å². The molecule has 0 bridgehead atoms. The van der Waals surface area contributed by atoms with E-state index in [1.54, 1.807) is 4.90 Å². The number of benzene rings is 1. The molecule has 0 aromatic heterocycles. The molecule has 0 aliphatic carbocycles. The smallest absolute Gasteiger partial charge is 0.404 e. The van der Waals surface area contributed by atoms with Crippen molar-refractivity contribution in [2.75, 3.05) is 53.0 Å². The minimum atomic E-state index is -1.19. The summed E-state index contributed by atoms with van der Waals surface area (Å²) in [6.45, 7) is 3.03. The van der Waals surface area contributed by atoms with E-state index in [0.29, 0.717) is 38.4 Å². The molecule has 3 atom stereocenters. The van der Waals surface area contributed by atoms with E-state index in [2.05, 4.69) is 16.0 Å². The number of hydrogen-bond donors (Lipinski definition) is 4. The number of urea groups is 1. The number of nitrogens with one attached hydrogen (secondary N) is 3. The predicted molar refractivity (Wildman–Crippen MR) is 130 cm³/mol. The van der Waals surface area contributed by atoms with E-state index in [1.165, 1.54) is 0 Å². The van der Waals surface area contributed by atoms with E-state index < -0.39 is 23.8 Å². The highest BCUT2D eigenvalue weighted by Gasteiger charge is 2.33. The SMILES string of the molecule is CNCC(CC1CCOCC1)NC(=O)N1CCCC(C(OCCNC(=O)O)c2cc(F)ccc2F)C1. The number of carboxylic acid groups (broad SMARTS) is 1. The van der Waals surface area contributed by atoms with Crippen LogP contribution in [0.1, 0.15) is 43.8 Å². The van der Waals surface area contributed by atoms with Crippen molar-refractivity contribution in [2.45, 2.75) is 44.2 Å². The molecule has 0 spiro atoms. The summed E-state index contributed by atoms with van der Waals surface area (Å²) >= 11 is 0. The van der Waals surface area contributed by atoms with Gasteiger partial charge in [0.05, 0.1) is 12.7 Å². The molecule has 0 radical (unpaired) electrons. The Kier molecular flexibility index (Phi) is 11.1. The van der Waals surface area contributed by atoms with Crippen LogP contribution >= 0.6 is 0 Å². The number of piperidine rings is 1. The summed E-state index contributed by atoms with van der Waals surface area (Å²) in [5, 5.41) is 17.3. The molecule has 3 unspecified atom stereocenters. The Balaban J connectivity index is 1.66. The van der Waals surface area contributed by atoms with Crippen LogP contribution in [0, 0.1) is 23.5 Å². The van der Waals surface area contributed by atoms with Crippen molar-refractivity contribution in [3.8, 4) is 0 Å². The lowest BCUT2D eigenvalue weighted by Crippen LogP contribution is -2.52. The zero-order valence-corrected chi connectivity index (χ0v) is 20.8. The van der Waals surface area contributed by atoms with Gasteiger partial charge in [0, 0.05) is 56.9 Å². The Labute approximate surface area is 210 Å². The lowest BCUT2D eigenvalue weighted by molar-refractivity contribution is -0.0107. The number of carbonyl (C=O) groups excluding carboxylic acids is 1. The average molecular weight is 513 g/mol. The molecule has 4 N–H and O–H groups in total. The summed E-state index contributed by atoms with van der Waals surface area (Å²) in [5.41, 5.74) is 0.0742. The summed E-state index contributed by atoms with van der Waals surface area (Å²) in [4.78, 5) is 25.7. The summed E-state index contributed by atoms with van der Waals surface area (Å²) < 4.78 is 40.0. The van der Waals surface area contributed by atoms with Gasteiger partial charge in [-0.05, 0) is 63.3 Å². The van der Waals surface area contributed by atoms with Crippen molar-refractivity contribution < 1.29 is 33.0 Å². The number of carbonyl (C=O) groups is 2. The third-order valence-corrected chi connectivity index (χ3v) is 6.85. The standard InChI is InChI=1S/C25H38F2N4O5/c1-28-15-20(13-17-6-10-35-11-7-17)30-24(32)31-9-2-3-18(16-31)23(36-12-8-29-25(33)34)21-14-19(26)4-5-22(21)27/h4-5,14,17-18,20,23,28-29H,2-3,6-13,15-16H2,1H3,(H,30,32)(H,33,34). The fourth-order valence-corrected chi connectivity index (χ4v) is 5.09. The van der Waals surface area contributed by atoms with Crippen LogP contribution in [0.15, 0.2) is 18.2 Å². The lowest BCUT2D eigenvalue weighted by atomic mass is 9.88. The maximum absolute atomic E-state index is 14.7. The first-order valence-electron chi connectivity index (χ1n) is 12.7. The highest BCUT2D eigenvalue weighted by molar-refractivity contribution is 5.74. The van der Waals surface area contributed by atoms with Crippen molar-refractivity contribution in [2.24, 2.45) is 11.8 Å².